The number of benzene rings is 1. The summed E-state index contributed by atoms with van der Waals surface area (Å²) in [5.74, 6) is -0.346. The number of nitrogens with two attached hydrogens (primary N) is 2. The second-order valence-corrected chi connectivity index (χ2v) is 3.80. The van der Waals surface area contributed by atoms with Crippen molar-refractivity contribution in [3.05, 3.63) is 48.2 Å². The molecule has 0 aliphatic rings. The number of alkyl halides is 1. The molecule has 1 amide bonds. The number of allylic oxidation sites excluding steroid dienone is 2. The lowest BCUT2D eigenvalue weighted by atomic mass is 10.2. The Labute approximate surface area is 116 Å². The van der Waals surface area contributed by atoms with Crippen LogP contribution < -0.4 is 16.8 Å². The predicted octanol–water partition coefficient (Wildman–Crippen LogP) is 1.65. The molecule has 5 N–H and O–H groups in total. The van der Waals surface area contributed by atoms with E-state index in [1.807, 2.05) is 0 Å². The Hall–Kier alpha value is -2.63. The first-order valence-electron chi connectivity index (χ1n) is 5.98. The van der Waals surface area contributed by atoms with Crippen molar-refractivity contribution >= 4 is 23.5 Å². The third-order valence-corrected chi connectivity index (χ3v) is 2.29. The van der Waals surface area contributed by atoms with Crippen LogP contribution in [0.15, 0.2) is 53.2 Å². The van der Waals surface area contributed by atoms with E-state index in [1.54, 1.807) is 24.3 Å². The number of carbonyl (C=O) groups excluding carboxylic acids is 1. The summed E-state index contributed by atoms with van der Waals surface area (Å²) in [7, 11) is 0. The molecule has 0 aliphatic heterocycles. The zero-order chi connectivity index (χ0) is 14.8. The molecule has 1 aromatic carbocycles. The highest BCUT2D eigenvalue weighted by molar-refractivity contribution is 6.02. The molecule has 5 nitrogen and oxygen atoms in total. The molecule has 0 saturated carbocycles. The Bertz CT molecular complexity index is 538. The smallest absolute Gasteiger partial charge is 0.248 e. The molecule has 20 heavy (non-hydrogen) atoms. The van der Waals surface area contributed by atoms with E-state index in [0.29, 0.717) is 16.9 Å². The van der Waals surface area contributed by atoms with E-state index in [-0.39, 0.29) is 12.5 Å². The SMILES string of the molecule is NC=C(C=NCCF)/C=C/C(=O)Nc1ccccc1N. The van der Waals surface area contributed by atoms with Gasteiger partial charge < -0.3 is 16.8 Å². The van der Waals surface area contributed by atoms with Crippen molar-refractivity contribution in [2.24, 2.45) is 10.7 Å². The molecule has 0 heterocycles. The van der Waals surface area contributed by atoms with Gasteiger partial charge in [0.15, 0.2) is 0 Å². The molecule has 0 spiro atoms. The number of aliphatic imine (C=N–C) groups is 1. The summed E-state index contributed by atoms with van der Waals surface area (Å²) in [5, 5.41) is 2.63. The monoisotopic (exact) mass is 276 g/mol. The van der Waals surface area contributed by atoms with Gasteiger partial charge in [-0.05, 0) is 18.2 Å². The molecular weight excluding hydrogens is 259 g/mol. The number of hydrogen-bond donors (Lipinski definition) is 3. The van der Waals surface area contributed by atoms with Gasteiger partial charge in [-0.3, -0.25) is 9.79 Å². The molecule has 0 unspecified atom stereocenters. The summed E-state index contributed by atoms with van der Waals surface area (Å²) in [6, 6.07) is 6.93. The highest BCUT2D eigenvalue weighted by atomic mass is 19.1. The first kappa shape index (κ1) is 15.4. The average molecular weight is 276 g/mol. The van der Waals surface area contributed by atoms with Crippen LogP contribution >= 0.6 is 0 Å². The zero-order valence-electron chi connectivity index (χ0n) is 10.9. The third kappa shape index (κ3) is 5.34. The van der Waals surface area contributed by atoms with Crippen molar-refractivity contribution in [3.63, 3.8) is 0 Å². The lowest BCUT2D eigenvalue weighted by molar-refractivity contribution is -0.111. The molecule has 0 aliphatic carbocycles. The van der Waals surface area contributed by atoms with E-state index in [1.165, 1.54) is 24.6 Å². The highest BCUT2D eigenvalue weighted by Gasteiger charge is 2.00. The van der Waals surface area contributed by atoms with Crippen LogP contribution in [0.3, 0.4) is 0 Å². The molecule has 6 heteroatoms. The number of nitrogen functional groups attached to an aromatic ring is 1. The van der Waals surface area contributed by atoms with E-state index in [2.05, 4.69) is 10.3 Å². The maximum Gasteiger partial charge on any atom is 0.248 e. The molecule has 0 atom stereocenters. The largest absolute Gasteiger partial charge is 0.404 e. The molecule has 1 rings (SSSR count). The van der Waals surface area contributed by atoms with Gasteiger partial charge in [-0.2, -0.15) is 0 Å². The van der Waals surface area contributed by atoms with Gasteiger partial charge in [0.05, 0.1) is 17.9 Å². The second-order valence-electron chi connectivity index (χ2n) is 3.80. The number of amides is 1. The number of halogens is 1. The molecule has 0 radical (unpaired) electrons. The quantitative estimate of drug-likeness (QED) is 0.319. The fourth-order valence-corrected chi connectivity index (χ4v) is 1.32. The first-order chi connectivity index (χ1) is 9.67. The van der Waals surface area contributed by atoms with Crippen LogP contribution in [0.5, 0.6) is 0 Å². The Kier molecular flexibility index (Phi) is 6.53. The minimum atomic E-state index is -0.536. The van der Waals surface area contributed by atoms with Crippen molar-refractivity contribution in [2.75, 3.05) is 24.3 Å². The average Bonchev–Trinajstić information content (AvgIpc) is 2.45. The number of hydrogen-bond acceptors (Lipinski definition) is 4. The van der Waals surface area contributed by atoms with Gasteiger partial charge in [0.1, 0.15) is 6.67 Å². The minimum absolute atomic E-state index is 0.0674. The summed E-state index contributed by atoms with van der Waals surface area (Å²) in [6.45, 7) is -0.468. The van der Waals surface area contributed by atoms with Crippen LogP contribution in [0, 0.1) is 0 Å². The van der Waals surface area contributed by atoms with Crippen LogP contribution in [0.25, 0.3) is 0 Å². The number of rotatable bonds is 6. The fraction of sp³-hybridized carbons (Fsp3) is 0.143. The number of nitrogens with zero attached hydrogens (tertiary/aromatic N) is 1. The van der Waals surface area contributed by atoms with Crippen molar-refractivity contribution in [2.45, 2.75) is 0 Å². The van der Waals surface area contributed by atoms with Crippen LogP contribution in [0.4, 0.5) is 15.8 Å². The summed E-state index contributed by atoms with van der Waals surface area (Å²) in [4.78, 5) is 15.5. The fourth-order valence-electron chi connectivity index (χ4n) is 1.32. The van der Waals surface area contributed by atoms with Crippen LogP contribution in [-0.4, -0.2) is 25.3 Å². The molecule has 0 saturated heterocycles. The highest BCUT2D eigenvalue weighted by Crippen LogP contribution is 2.16. The summed E-state index contributed by atoms with van der Waals surface area (Å²) >= 11 is 0. The maximum atomic E-state index is 11.9. The van der Waals surface area contributed by atoms with E-state index >= 15 is 0 Å². The van der Waals surface area contributed by atoms with E-state index < -0.39 is 6.67 Å². The van der Waals surface area contributed by atoms with Crippen LogP contribution in [-0.2, 0) is 4.79 Å². The Morgan fingerprint density at radius 3 is 2.75 bits per heavy atom. The van der Waals surface area contributed by atoms with Gasteiger partial charge in [0, 0.05) is 24.1 Å². The van der Waals surface area contributed by atoms with Gasteiger partial charge >= 0.3 is 0 Å². The van der Waals surface area contributed by atoms with Crippen molar-refractivity contribution in [1.82, 2.24) is 0 Å². The minimum Gasteiger partial charge on any atom is -0.404 e. The second kappa shape index (κ2) is 8.47. The first-order valence-corrected chi connectivity index (χ1v) is 5.98. The lowest BCUT2D eigenvalue weighted by Crippen LogP contribution is -2.09. The summed E-state index contributed by atoms with van der Waals surface area (Å²) in [6.07, 6.45) is 5.46. The van der Waals surface area contributed by atoms with E-state index in [0.717, 1.165) is 0 Å². The predicted molar refractivity (Wildman–Crippen MR) is 80.2 cm³/mol. The third-order valence-electron chi connectivity index (χ3n) is 2.29. The van der Waals surface area contributed by atoms with Crippen LogP contribution in [0.2, 0.25) is 0 Å². The molecular formula is C14H17FN4O. The summed E-state index contributed by atoms with van der Waals surface area (Å²) in [5.41, 5.74) is 12.6. The molecule has 0 fully saturated rings. The lowest BCUT2D eigenvalue weighted by Gasteiger charge is -2.04. The van der Waals surface area contributed by atoms with Gasteiger partial charge in [-0.1, -0.05) is 12.1 Å². The van der Waals surface area contributed by atoms with Gasteiger partial charge in [-0.25, -0.2) is 4.39 Å². The molecule has 0 aromatic heterocycles. The normalized spacial score (nSPS) is 12.2. The standard InChI is InChI=1S/C14H17FN4O/c15-7-8-18-10-11(9-16)5-6-14(20)19-13-4-2-1-3-12(13)17/h1-6,9-10H,7-8,16-17H2,(H,19,20)/b6-5+,11-9?,18-10?. The van der Waals surface area contributed by atoms with E-state index in [9.17, 15) is 9.18 Å². The number of nitrogens with one attached hydrogen (secondary N) is 1. The van der Waals surface area contributed by atoms with Crippen molar-refractivity contribution in [1.29, 1.82) is 0 Å². The Morgan fingerprint density at radius 1 is 1.35 bits per heavy atom. The maximum absolute atomic E-state index is 11.9. The zero-order valence-corrected chi connectivity index (χ0v) is 10.9. The topological polar surface area (TPSA) is 93.5 Å². The van der Waals surface area contributed by atoms with Crippen molar-refractivity contribution in [3.8, 4) is 0 Å². The Morgan fingerprint density at radius 2 is 2.10 bits per heavy atom. The number of anilines is 2. The summed E-state index contributed by atoms with van der Waals surface area (Å²) < 4.78 is 11.9. The van der Waals surface area contributed by atoms with Gasteiger partial charge in [0.25, 0.3) is 0 Å². The van der Waals surface area contributed by atoms with E-state index in [4.69, 9.17) is 11.5 Å². The number of carbonyl (C=O) groups is 1. The molecule has 1 aromatic rings. The molecule has 106 valence electrons. The van der Waals surface area contributed by atoms with Crippen LogP contribution in [0.1, 0.15) is 0 Å². The molecule has 0 bridgehead atoms. The van der Waals surface area contributed by atoms with Crippen molar-refractivity contribution < 1.29 is 9.18 Å². The Balaban J connectivity index is 2.61. The van der Waals surface area contributed by atoms with Gasteiger partial charge in [-0.15, -0.1) is 0 Å². The van der Waals surface area contributed by atoms with Gasteiger partial charge in [0.2, 0.25) is 5.91 Å². The number of para-hydroxylation sites is 2.